The molecule has 0 spiro atoms. The van der Waals surface area contributed by atoms with Crippen molar-refractivity contribution < 1.29 is 9.59 Å². The molecule has 160 valence electrons. The lowest BCUT2D eigenvalue weighted by molar-refractivity contribution is -0.120. The van der Waals surface area contributed by atoms with Crippen molar-refractivity contribution >= 4 is 50.3 Å². The Bertz CT molecular complexity index is 1480. The average Bonchev–Trinajstić information content (AvgIpc) is 2.86. The summed E-state index contributed by atoms with van der Waals surface area (Å²) in [6.07, 6.45) is 1.66. The fraction of sp³-hybridized carbons (Fsp3) is 0.0357. The molecule has 0 atom stereocenters. The Kier molecular flexibility index (Phi) is 5.52. The van der Waals surface area contributed by atoms with Gasteiger partial charge >= 0.3 is 0 Å². The fourth-order valence-electron chi connectivity index (χ4n) is 4.08. The molecule has 5 aromatic rings. The zero-order chi connectivity index (χ0) is 22.6. The molecule has 5 heteroatoms. The largest absolute Gasteiger partial charge is 0.343 e. The second-order valence-electron chi connectivity index (χ2n) is 7.74. The van der Waals surface area contributed by atoms with E-state index in [-0.39, 0.29) is 12.5 Å². The molecule has 0 saturated heterocycles. The zero-order valence-corrected chi connectivity index (χ0v) is 17.8. The van der Waals surface area contributed by atoms with Gasteiger partial charge in [0.15, 0.2) is 0 Å². The lowest BCUT2D eigenvalue weighted by Gasteiger charge is -2.08. The number of rotatable bonds is 5. The van der Waals surface area contributed by atoms with Crippen molar-refractivity contribution in [2.45, 2.75) is 0 Å². The van der Waals surface area contributed by atoms with E-state index in [1.54, 1.807) is 12.3 Å². The first kappa shape index (κ1) is 20.4. The third-order valence-corrected chi connectivity index (χ3v) is 5.64. The first-order valence-electron chi connectivity index (χ1n) is 10.7. The van der Waals surface area contributed by atoms with Crippen molar-refractivity contribution in [1.29, 1.82) is 0 Å². The standard InChI is InChI=1S/C28H21N3O2/c32-27(18-29-28(33)25-15-7-11-19-8-1-4-12-22(19)25)31-30-17-26-23-13-5-2-9-20(23)16-21-10-3-6-14-24(21)26/h1-17H,18H2,(H,29,33)(H,31,32)/b30-17+. The minimum absolute atomic E-state index is 0.171. The summed E-state index contributed by atoms with van der Waals surface area (Å²) in [6, 6.07) is 31.5. The van der Waals surface area contributed by atoms with Gasteiger partial charge in [0.05, 0.1) is 12.8 Å². The van der Waals surface area contributed by atoms with E-state index in [2.05, 4.69) is 34.0 Å². The van der Waals surface area contributed by atoms with Crippen LogP contribution in [0.1, 0.15) is 15.9 Å². The molecular formula is C28H21N3O2. The van der Waals surface area contributed by atoms with E-state index < -0.39 is 5.91 Å². The summed E-state index contributed by atoms with van der Waals surface area (Å²) >= 11 is 0. The molecule has 5 rings (SSSR count). The molecule has 0 aliphatic rings. The van der Waals surface area contributed by atoms with E-state index in [1.807, 2.05) is 72.8 Å². The highest BCUT2D eigenvalue weighted by atomic mass is 16.2. The van der Waals surface area contributed by atoms with Crippen molar-refractivity contribution in [2.24, 2.45) is 5.10 Å². The molecule has 0 heterocycles. The predicted molar refractivity (Wildman–Crippen MR) is 133 cm³/mol. The summed E-state index contributed by atoms with van der Waals surface area (Å²) in [5.41, 5.74) is 3.99. The molecule has 0 unspecified atom stereocenters. The Morgan fingerprint density at radius 2 is 1.27 bits per heavy atom. The van der Waals surface area contributed by atoms with Gasteiger partial charge in [-0.05, 0) is 44.5 Å². The summed E-state index contributed by atoms with van der Waals surface area (Å²) in [6.45, 7) is -0.171. The van der Waals surface area contributed by atoms with Crippen molar-refractivity contribution in [2.75, 3.05) is 6.54 Å². The number of hydrogen-bond acceptors (Lipinski definition) is 3. The van der Waals surface area contributed by atoms with Crippen molar-refractivity contribution in [3.8, 4) is 0 Å². The molecule has 0 radical (unpaired) electrons. The summed E-state index contributed by atoms with van der Waals surface area (Å²) < 4.78 is 0. The molecule has 0 saturated carbocycles. The van der Waals surface area contributed by atoms with Crippen LogP contribution in [0.15, 0.2) is 102 Å². The normalized spacial score (nSPS) is 11.3. The monoisotopic (exact) mass is 431 g/mol. The number of fused-ring (bicyclic) bond motifs is 3. The van der Waals surface area contributed by atoms with Gasteiger partial charge in [0.2, 0.25) is 0 Å². The smallest absolute Gasteiger partial charge is 0.259 e. The van der Waals surface area contributed by atoms with Gasteiger partial charge in [-0.15, -0.1) is 0 Å². The summed E-state index contributed by atoms with van der Waals surface area (Å²) in [4.78, 5) is 24.9. The van der Waals surface area contributed by atoms with Gasteiger partial charge in [-0.25, -0.2) is 5.43 Å². The van der Waals surface area contributed by atoms with E-state index in [1.165, 1.54) is 0 Å². The minimum Gasteiger partial charge on any atom is -0.343 e. The van der Waals surface area contributed by atoms with Gasteiger partial charge in [-0.2, -0.15) is 5.10 Å². The van der Waals surface area contributed by atoms with Crippen LogP contribution >= 0.6 is 0 Å². The van der Waals surface area contributed by atoms with Crippen LogP contribution in [0.4, 0.5) is 0 Å². The molecule has 0 aromatic heterocycles. The summed E-state index contributed by atoms with van der Waals surface area (Å²) in [5.74, 6) is -0.699. The first-order chi connectivity index (χ1) is 16.2. The van der Waals surface area contributed by atoms with Crippen LogP contribution in [0.25, 0.3) is 32.3 Å². The predicted octanol–water partition coefficient (Wildman–Crippen LogP) is 5.03. The minimum atomic E-state index is -0.399. The van der Waals surface area contributed by atoms with Crippen LogP contribution < -0.4 is 10.7 Å². The second-order valence-corrected chi connectivity index (χ2v) is 7.74. The Morgan fingerprint density at radius 3 is 1.97 bits per heavy atom. The Morgan fingerprint density at radius 1 is 0.697 bits per heavy atom. The highest BCUT2D eigenvalue weighted by Crippen LogP contribution is 2.27. The van der Waals surface area contributed by atoms with Crippen LogP contribution in [0.5, 0.6) is 0 Å². The van der Waals surface area contributed by atoms with Crippen molar-refractivity contribution in [1.82, 2.24) is 10.7 Å². The van der Waals surface area contributed by atoms with Crippen LogP contribution in [0.3, 0.4) is 0 Å². The van der Waals surface area contributed by atoms with Crippen LogP contribution in [-0.2, 0) is 4.79 Å². The molecule has 5 aromatic carbocycles. The molecular weight excluding hydrogens is 410 g/mol. The number of benzene rings is 5. The molecule has 2 amide bonds. The first-order valence-corrected chi connectivity index (χ1v) is 10.7. The van der Waals surface area contributed by atoms with E-state index in [0.29, 0.717) is 5.56 Å². The maximum Gasteiger partial charge on any atom is 0.259 e. The van der Waals surface area contributed by atoms with Crippen LogP contribution in [0.2, 0.25) is 0 Å². The van der Waals surface area contributed by atoms with Gasteiger partial charge < -0.3 is 5.32 Å². The SMILES string of the molecule is O=C(CNC(=O)c1cccc2ccccc12)N/N=C/c1c2ccccc2cc2ccccc12. The van der Waals surface area contributed by atoms with Crippen LogP contribution in [-0.4, -0.2) is 24.6 Å². The molecule has 0 aliphatic carbocycles. The number of amides is 2. The van der Waals surface area contributed by atoms with Gasteiger partial charge in [0.1, 0.15) is 0 Å². The molecule has 2 N–H and O–H groups in total. The molecule has 0 bridgehead atoms. The number of carbonyl (C=O) groups is 2. The Balaban J connectivity index is 1.30. The summed E-state index contributed by atoms with van der Waals surface area (Å²) in [5, 5.41) is 13.0. The molecule has 33 heavy (non-hydrogen) atoms. The molecule has 0 fully saturated rings. The highest BCUT2D eigenvalue weighted by molar-refractivity contribution is 6.13. The van der Waals surface area contributed by atoms with Gasteiger partial charge in [-0.1, -0.05) is 84.9 Å². The number of nitrogens with zero attached hydrogens (tertiary/aromatic N) is 1. The van der Waals surface area contributed by atoms with E-state index in [0.717, 1.165) is 37.9 Å². The Labute approximate surface area is 190 Å². The number of hydrazone groups is 1. The molecule has 5 nitrogen and oxygen atoms in total. The highest BCUT2D eigenvalue weighted by Gasteiger charge is 2.11. The fourth-order valence-corrected chi connectivity index (χ4v) is 4.08. The summed E-state index contributed by atoms with van der Waals surface area (Å²) in [7, 11) is 0. The number of hydrogen-bond donors (Lipinski definition) is 2. The Hall–Kier alpha value is -4.51. The number of carbonyl (C=O) groups excluding carboxylic acids is 2. The maximum atomic E-state index is 12.6. The average molecular weight is 431 g/mol. The second kappa shape index (κ2) is 8.93. The molecule has 0 aliphatic heterocycles. The topological polar surface area (TPSA) is 70.6 Å². The van der Waals surface area contributed by atoms with E-state index >= 15 is 0 Å². The third-order valence-electron chi connectivity index (χ3n) is 5.64. The lowest BCUT2D eigenvalue weighted by Crippen LogP contribution is -2.35. The van der Waals surface area contributed by atoms with Crippen LogP contribution in [0, 0.1) is 0 Å². The quantitative estimate of drug-likeness (QED) is 0.233. The lowest BCUT2D eigenvalue weighted by atomic mass is 9.97. The van der Waals surface area contributed by atoms with Crippen molar-refractivity contribution in [3.63, 3.8) is 0 Å². The van der Waals surface area contributed by atoms with E-state index in [9.17, 15) is 9.59 Å². The van der Waals surface area contributed by atoms with Gasteiger partial charge in [0, 0.05) is 11.1 Å². The van der Waals surface area contributed by atoms with Crippen molar-refractivity contribution in [3.05, 3.63) is 108 Å². The van der Waals surface area contributed by atoms with E-state index in [4.69, 9.17) is 0 Å². The maximum absolute atomic E-state index is 12.6. The third kappa shape index (κ3) is 4.16. The number of nitrogens with one attached hydrogen (secondary N) is 2. The van der Waals surface area contributed by atoms with Gasteiger partial charge in [-0.3, -0.25) is 9.59 Å². The van der Waals surface area contributed by atoms with Gasteiger partial charge in [0.25, 0.3) is 11.8 Å². The zero-order valence-electron chi connectivity index (χ0n) is 17.8.